The van der Waals surface area contributed by atoms with Crippen LogP contribution in [-0.4, -0.2) is 5.91 Å². The first kappa shape index (κ1) is 12.0. The lowest BCUT2D eigenvalue weighted by Gasteiger charge is -2.09. The first-order valence-corrected chi connectivity index (χ1v) is 6.14. The highest BCUT2D eigenvalue weighted by molar-refractivity contribution is 14.1. The summed E-state index contributed by atoms with van der Waals surface area (Å²) in [7, 11) is 0. The molecule has 14 heavy (non-hydrogen) atoms. The molecule has 0 saturated carbocycles. The van der Waals surface area contributed by atoms with Crippen molar-refractivity contribution in [2.24, 2.45) is 5.92 Å². The van der Waals surface area contributed by atoms with Gasteiger partial charge in [-0.3, -0.25) is 4.79 Å². The number of hydrogen-bond donors (Lipinski definition) is 1. The van der Waals surface area contributed by atoms with Crippen LogP contribution in [-0.2, 0) is 4.79 Å². The molecule has 0 radical (unpaired) electrons. The Morgan fingerprint density at radius 2 is 2.14 bits per heavy atom. The fourth-order valence-corrected chi connectivity index (χ4v) is 1.71. The molecule has 1 amide bonds. The molecule has 0 saturated heterocycles. The molecule has 0 fully saturated rings. The summed E-state index contributed by atoms with van der Waals surface area (Å²) in [5, 5.41) is 2.86. The summed E-state index contributed by atoms with van der Waals surface area (Å²) >= 11 is 5.60. The lowest BCUT2D eigenvalue weighted by atomic mass is 10.2. The Balaban J connectivity index is 2.86. The predicted octanol–water partition coefficient (Wildman–Crippen LogP) is 3.65. The largest absolute Gasteiger partial charge is 0.325 e. The number of carbonyl (C=O) groups excluding carboxylic acids is 1. The molecule has 76 valence electrons. The van der Waals surface area contributed by atoms with E-state index in [1.807, 2.05) is 32.0 Å². The Bertz CT molecular complexity index is 352. The van der Waals surface area contributed by atoms with E-state index in [9.17, 15) is 4.79 Å². The Morgan fingerprint density at radius 1 is 1.50 bits per heavy atom. The maximum Gasteiger partial charge on any atom is 0.226 e. The second-order valence-electron chi connectivity index (χ2n) is 3.27. The molecule has 1 N–H and O–H groups in total. The summed E-state index contributed by atoms with van der Waals surface area (Å²) in [6.45, 7) is 3.74. The van der Waals surface area contributed by atoms with E-state index in [0.29, 0.717) is 0 Å². The molecule has 0 aromatic heterocycles. The molecule has 0 spiro atoms. The van der Waals surface area contributed by atoms with Crippen molar-refractivity contribution in [1.82, 2.24) is 0 Å². The second kappa shape index (κ2) is 5.11. The minimum Gasteiger partial charge on any atom is -0.325 e. The molecule has 2 nitrogen and oxygen atoms in total. The van der Waals surface area contributed by atoms with Gasteiger partial charge in [0.1, 0.15) is 0 Å². The van der Waals surface area contributed by atoms with E-state index in [2.05, 4.69) is 43.8 Å². The van der Waals surface area contributed by atoms with Gasteiger partial charge in [-0.2, -0.15) is 0 Å². The van der Waals surface area contributed by atoms with Gasteiger partial charge in [-0.05, 0) is 56.7 Å². The first-order chi connectivity index (χ1) is 6.50. The van der Waals surface area contributed by atoms with Gasteiger partial charge in [0.15, 0.2) is 0 Å². The molecule has 0 bridgehead atoms. The third-order valence-electron chi connectivity index (χ3n) is 1.71. The molecule has 0 aliphatic rings. The highest BCUT2D eigenvalue weighted by Crippen LogP contribution is 2.24. The summed E-state index contributed by atoms with van der Waals surface area (Å²) in [5.41, 5.74) is 0.829. The quantitative estimate of drug-likeness (QED) is 0.794. The number of halogens is 2. The van der Waals surface area contributed by atoms with Crippen LogP contribution in [0.2, 0.25) is 0 Å². The maximum atomic E-state index is 11.4. The minimum absolute atomic E-state index is 0.000215. The van der Waals surface area contributed by atoms with Crippen LogP contribution in [0.5, 0.6) is 0 Å². The molecule has 0 heterocycles. The Hall–Kier alpha value is -0.100. The van der Waals surface area contributed by atoms with Crippen molar-refractivity contribution in [1.29, 1.82) is 0 Å². The molecule has 4 heteroatoms. The van der Waals surface area contributed by atoms with Crippen molar-refractivity contribution >= 4 is 50.1 Å². The number of amides is 1. The summed E-state index contributed by atoms with van der Waals surface area (Å²) in [6.07, 6.45) is 0. The zero-order valence-electron chi connectivity index (χ0n) is 7.97. The number of hydrogen-bond acceptors (Lipinski definition) is 1. The van der Waals surface area contributed by atoms with Crippen LogP contribution in [0.25, 0.3) is 0 Å². The molecular formula is C10H11BrINO. The van der Waals surface area contributed by atoms with Gasteiger partial charge in [0.25, 0.3) is 0 Å². The van der Waals surface area contributed by atoms with E-state index in [1.165, 1.54) is 0 Å². The smallest absolute Gasteiger partial charge is 0.226 e. The highest BCUT2D eigenvalue weighted by Gasteiger charge is 2.09. The van der Waals surface area contributed by atoms with Gasteiger partial charge in [0.2, 0.25) is 5.91 Å². The number of carbonyl (C=O) groups is 1. The normalized spacial score (nSPS) is 10.4. The van der Waals surface area contributed by atoms with Crippen LogP contribution in [0, 0.1) is 9.49 Å². The summed E-state index contributed by atoms with van der Waals surface area (Å²) in [6, 6.07) is 5.85. The van der Waals surface area contributed by atoms with E-state index < -0.39 is 0 Å². The first-order valence-electron chi connectivity index (χ1n) is 4.26. The lowest BCUT2D eigenvalue weighted by Crippen LogP contribution is -2.18. The SMILES string of the molecule is CC(C)C(=O)Nc1cc(I)ccc1Br. The molecule has 0 aliphatic heterocycles. The van der Waals surface area contributed by atoms with Gasteiger partial charge in [0, 0.05) is 14.0 Å². The average molecular weight is 368 g/mol. The van der Waals surface area contributed by atoms with Crippen molar-refractivity contribution < 1.29 is 4.79 Å². The van der Waals surface area contributed by atoms with Crippen LogP contribution in [0.1, 0.15) is 13.8 Å². The topological polar surface area (TPSA) is 29.1 Å². The second-order valence-corrected chi connectivity index (χ2v) is 5.37. The monoisotopic (exact) mass is 367 g/mol. The Morgan fingerprint density at radius 3 is 2.71 bits per heavy atom. The summed E-state index contributed by atoms with van der Waals surface area (Å²) in [4.78, 5) is 11.4. The van der Waals surface area contributed by atoms with Gasteiger partial charge in [-0.25, -0.2) is 0 Å². The number of nitrogens with one attached hydrogen (secondary N) is 1. The van der Waals surface area contributed by atoms with Crippen molar-refractivity contribution in [2.45, 2.75) is 13.8 Å². The predicted molar refractivity (Wildman–Crippen MR) is 70.3 cm³/mol. The van der Waals surface area contributed by atoms with E-state index >= 15 is 0 Å². The van der Waals surface area contributed by atoms with Crippen molar-refractivity contribution in [3.05, 3.63) is 26.2 Å². The minimum atomic E-state index is -0.000215. The number of rotatable bonds is 2. The zero-order chi connectivity index (χ0) is 10.7. The molecule has 1 aromatic carbocycles. The third-order valence-corrected chi connectivity index (χ3v) is 3.07. The van der Waals surface area contributed by atoms with Crippen molar-refractivity contribution in [3.8, 4) is 0 Å². The van der Waals surface area contributed by atoms with E-state index in [1.54, 1.807) is 0 Å². The van der Waals surface area contributed by atoms with Crippen LogP contribution >= 0.6 is 38.5 Å². The van der Waals surface area contributed by atoms with E-state index in [0.717, 1.165) is 13.7 Å². The van der Waals surface area contributed by atoms with Gasteiger partial charge in [-0.1, -0.05) is 13.8 Å². The molecule has 0 unspecified atom stereocenters. The maximum absolute atomic E-state index is 11.4. The summed E-state index contributed by atoms with van der Waals surface area (Å²) in [5.74, 6) is 0.0347. The Labute approximate surface area is 106 Å². The van der Waals surface area contributed by atoms with E-state index in [-0.39, 0.29) is 11.8 Å². The third kappa shape index (κ3) is 3.24. The number of benzene rings is 1. The van der Waals surface area contributed by atoms with Gasteiger partial charge in [-0.15, -0.1) is 0 Å². The van der Waals surface area contributed by atoms with Crippen molar-refractivity contribution in [2.75, 3.05) is 5.32 Å². The average Bonchev–Trinajstić information content (AvgIpc) is 2.11. The molecule has 1 aromatic rings. The zero-order valence-corrected chi connectivity index (χ0v) is 11.7. The van der Waals surface area contributed by atoms with Gasteiger partial charge < -0.3 is 5.32 Å². The van der Waals surface area contributed by atoms with Crippen LogP contribution in [0.4, 0.5) is 5.69 Å². The molecular weight excluding hydrogens is 357 g/mol. The van der Waals surface area contributed by atoms with Crippen LogP contribution in [0.15, 0.2) is 22.7 Å². The van der Waals surface area contributed by atoms with Gasteiger partial charge >= 0.3 is 0 Å². The fourth-order valence-electron chi connectivity index (χ4n) is 0.870. The van der Waals surface area contributed by atoms with E-state index in [4.69, 9.17) is 0 Å². The van der Waals surface area contributed by atoms with Crippen molar-refractivity contribution in [3.63, 3.8) is 0 Å². The lowest BCUT2D eigenvalue weighted by molar-refractivity contribution is -0.118. The Kier molecular flexibility index (Phi) is 4.37. The highest BCUT2D eigenvalue weighted by atomic mass is 127. The summed E-state index contributed by atoms with van der Waals surface area (Å²) < 4.78 is 2.01. The molecule has 0 atom stereocenters. The fraction of sp³-hybridized carbons (Fsp3) is 0.300. The molecule has 1 rings (SSSR count). The van der Waals surface area contributed by atoms with Crippen LogP contribution in [0.3, 0.4) is 0 Å². The standard InChI is InChI=1S/C10H11BrINO/c1-6(2)10(14)13-9-5-7(12)3-4-8(9)11/h3-6H,1-2H3,(H,13,14). The van der Waals surface area contributed by atoms with Gasteiger partial charge in [0.05, 0.1) is 5.69 Å². The van der Waals surface area contributed by atoms with Crippen LogP contribution < -0.4 is 5.32 Å². The number of anilines is 1. The molecule has 0 aliphatic carbocycles.